The Morgan fingerprint density at radius 1 is 1.21 bits per heavy atom. The zero-order valence-corrected chi connectivity index (χ0v) is 12.9. The summed E-state index contributed by atoms with van der Waals surface area (Å²) in [5.41, 5.74) is -1.73. The number of fused-ring (bicyclic) bond motifs is 1. The van der Waals surface area contributed by atoms with Crippen LogP contribution in [0.1, 0.15) is 36.2 Å². The smallest absolute Gasteiger partial charge is 0.312 e. The third-order valence-corrected chi connectivity index (χ3v) is 5.56. The molecule has 0 spiro atoms. The average Bonchev–Trinajstić information content (AvgIpc) is 2.67. The van der Waals surface area contributed by atoms with Crippen molar-refractivity contribution in [1.29, 1.82) is 0 Å². The third kappa shape index (κ3) is 2.46. The zero-order chi connectivity index (χ0) is 17.9. The molecule has 0 amide bonds. The molecule has 1 N–H and O–H groups in total. The van der Waals surface area contributed by atoms with Gasteiger partial charge in [-0.1, -0.05) is 0 Å². The molecule has 0 unspecified atom stereocenters. The maximum Gasteiger partial charge on any atom is 0.312 e. The first-order chi connectivity index (χ1) is 11.1. The summed E-state index contributed by atoms with van der Waals surface area (Å²) >= 11 is 0. The van der Waals surface area contributed by atoms with E-state index in [0.717, 1.165) is 12.1 Å². The zero-order valence-electron chi connectivity index (χ0n) is 12.1. The minimum absolute atomic E-state index is 0.00476. The van der Waals surface area contributed by atoms with E-state index in [1.54, 1.807) is 0 Å². The van der Waals surface area contributed by atoms with Crippen molar-refractivity contribution in [2.75, 3.05) is 6.01 Å². The molecule has 0 saturated heterocycles. The molecule has 134 valence electrons. The molecule has 1 saturated carbocycles. The van der Waals surface area contributed by atoms with Crippen molar-refractivity contribution in [2.24, 2.45) is 0 Å². The summed E-state index contributed by atoms with van der Waals surface area (Å²) in [4.78, 5) is -0.906. The lowest BCUT2D eigenvalue weighted by molar-refractivity contribution is -0.144. The Labute approximate surface area is 134 Å². The summed E-state index contributed by atoms with van der Waals surface area (Å²) in [6.07, 6.45) is -7.55. The van der Waals surface area contributed by atoms with Crippen LogP contribution in [-0.4, -0.2) is 37.7 Å². The lowest BCUT2D eigenvalue weighted by atomic mass is 9.93. The van der Waals surface area contributed by atoms with E-state index in [-0.39, 0.29) is 12.8 Å². The van der Waals surface area contributed by atoms with E-state index in [9.17, 15) is 35.5 Å². The largest absolute Gasteiger partial charge is 0.490 e. The molecule has 10 heteroatoms. The predicted octanol–water partition coefficient (Wildman–Crippen LogP) is 2.96. The Bertz CT molecular complexity index is 761. The highest BCUT2D eigenvalue weighted by Gasteiger charge is 2.59. The molecule has 1 aromatic rings. The average molecular weight is 372 g/mol. The summed E-state index contributed by atoms with van der Waals surface area (Å²) in [7, 11) is -4.62. The number of rotatable bonds is 4. The van der Waals surface area contributed by atoms with Crippen molar-refractivity contribution < 1.29 is 40.2 Å². The van der Waals surface area contributed by atoms with Gasteiger partial charge in [-0.05, 0) is 12.1 Å². The summed E-state index contributed by atoms with van der Waals surface area (Å²) in [6.45, 7) is 0. The Kier molecular flexibility index (Phi) is 4.03. The van der Waals surface area contributed by atoms with Crippen LogP contribution in [0.15, 0.2) is 17.0 Å². The highest BCUT2D eigenvalue weighted by molar-refractivity contribution is 7.91. The lowest BCUT2D eigenvalue weighted by Gasteiger charge is -2.31. The quantitative estimate of drug-likeness (QED) is 0.826. The van der Waals surface area contributed by atoms with E-state index in [1.807, 2.05) is 0 Å². The van der Waals surface area contributed by atoms with E-state index in [0.29, 0.717) is 0 Å². The van der Waals surface area contributed by atoms with Crippen molar-refractivity contribution >= 4 is 9.84 Å². The highest BCUT2D eigenvalue weighted by atomic mass is 32.2. The number of ether oxygens (including phenoxy) is 1. The van der Waals surface area contributed by atoms with Gasteiger partial charge in [-0.15, -0.1) is 0 Å². The number of aliphatic hydroxyl groups excluding tert-OH is 1. The first kappa shape index (κ1) is 17.4. The number of halogens is 5. The van der Waals surface area contributed by atoms with Crippen LogP contribution in [0.5, 0.6) is 5.75 Å². The van der Waals surface area contributed by atoms with Gasteiger partial charge >= 0.3 is 5.92 Å². The first-order valence-corrected chi connectivity index (χ1v) is 8.71. The fourth-order valence-electron chi connectivity index (χ4n) is 2.87. The second-order valence-corrected chi connectivity index (χ2v) is 7.75. The maximum atomic E-state index is 14.2. The highest BCUT2D eigenvalue weighted by Crippen LogP contribution is 2.57. The number of hydrogen-bond donors (Lipinski definition) is 1. The molecule has 0 aromatic heterocycles. The number of alkyl halides is 5. The Balaban J connectivity index is 2.13. The van der Waals surface area contributed by atoms with E-state index in [4.69, 9.17) is 4.74 Å². The van der Waals surface area contributed by atoms with Crippen molar-refractivity contribution in [2.45, 2.75) is 48.2 Å². The predicted molar refractivity (Wildman–Crippen MR) is 71.9 cm³/mol. The fourth-order valence-corrected chi connectivity index (χ4v) is 3.82. The number of benzene rings is 1. The first-order valence-electron chi connectivity index (χ1n) is 7.05. The summed E-state index contributed by atoms with van der Waals surface area (Å²) in [5, 5.41) is 9.70. The third-order valence-electron chi connectivity index (χ3n) is 4.25. The van der Waals surface area contributed by atoms with Gasteiger partial charge in [0, 0.05) is 24.0 Å². The SMILES string of the molecule is O=S(=O)(CF)c1ccc(OC2CC(F)C2)c2c1[C@H](O)C(F)(F)[C@@H]2F. The van der Waals surface area contributed by atoms with Gasteiger partial charge in [0.1, 0.15) is 24.1 Å². The fraction of sp³-hybridized carbons (Fsp3) is 0.571. The summed E-state index contributed by atoms with van der Waals surface area (Å²) in [5.74, 6) is -4.69. The molecular formula is C14H13F5O4S. The van der Waals surface area contributed by atoms with Crippen molar-refractivity contribution in [1.82, 2.24) is 0 Å². The lowest BCUT2D eigenvalue weighted by Crippen LogP contribution is -2.35. The van der Waals surface area contributed by atoms with E-state index in [2.05, 4.69) is 0 Å². The van der Waals surface area contributed by atoms with Crippen LogP contribution in [-0.2, 0) is 9.84 Å². The molecule has 2 aliphatic rings. The summed E-state index contributed by atoms with van der Waals surface area (Å²) < 4.78 is 96.1. The Morgan fingerprint density at radius 3 is 2.38 bits per heavy atom. The topological polar surface area (TPSA) is 63.6 Å². The molecule has 2 aliphatic carbocycles. The van der Waals surface area contributed by atoms with Crippen LogP contribution in [0, 0.1) is 0 Å². The minimum atomic E-state index is -4.62. The number of sulfone groups is 1. The van der Waals surface area contributed by atoms with Crippen LogP contribution in [0.3, 0.4) is 0 Å². The molecule has 2 atom stereocenters. The van der Waals surface area contributed by atoms with Crippen LogP contribution in [0.2, 0.25) is 0 Å². The standard InChI is InChI=1S/C14H13F5O4S/c15-5-24(21,22)9-2-1-8(23-7-3-6(16)4-7)10-11(9)13(20)14(18,19)12(10)17/h1-2,6-7,12-13,20H,3-5H2/t6?,7?,12-,13+/m1/s1. The molecule has 0 radical (unpaired) electrons. The molecule has 24 heavy (non-hydrogen) atoms. The monoisotopic (exact) mass is 372 g/mol. The van der Waals surface area contributed by atoms with Gasteiger partial charge in [0.15, 0.2) is 12.2 Å². The van der Waals surface area contributed by atoms with Crippen LogP contribution in [0.25, 0.3) is 0 Å². The van der Waals surface area contributed by atoms with Gasteiger partial charge in [0.2, 0.25) is 9.84 Å². The molecule has 0 bridgehead atoms. The molecule has 1 aromatic carbocycles. The number of hydrogen-bond acceptors (Lipinski definition) is 4. The number of aliphatic hydroxyl groups is 1. The minimum Gasteiger partial charge on any atom is -0.490 e. The van der Waals surface area contributed by atoms with Crippen LogP contribution < -0.4 is 4.74 Å². The van der Waals surface area contributed by atoms with Crippen molar-refractivity contribution in [3.8, 4) is 5.75 Å². The normalized spacial score (nSPS) is 31.4. The van der Waals surface area contributed by atoms with E-state index >= 15 is 0 Å². The molecular weight excluding hydrogens is 359 g/mol. The van der Waals surface area contributed by atoms with E-state index in [1.165, 1.54) is 0 Å². The van der Waals surface area contributed by atoms with Gasteiger partial charge in [-0.2, -0.15) is 8.78 Å². The van der Waals surface area contributed by atoms with Crippen LogP contribution >= 0.6 is 0 Å². The molecule has 3 rings (SSSR count). The van der Waals surface area contributed by atoms with Crippen molar-refractivity contribution in [3.63, 3.8) is 0 Å². The maximum absolute atomic E-state index is 14.2. The van der Waals surface area contributed by atoms with Crippen LogP contribution in [0.4, 0.5) is 22.0 Å². The van der Waals surface area contributed by atoms with E-state index < -0.39 is 68.1 Å². The molecule has 0 aliphatic heterocycles. The van der Waals surface area contributed by atoms with Crippen molar-refractivity contribution in [3.05, 3.63) is 23.3 Å². The van der Waals surface area contributed by atoms with Gasteiger partial charge in [-0.3, -0.25) is 0 Å². The summed E-state index contributed by atoms with van der Waals surface area (Å²) in [6, 6.07) is -0.180. The second kappa shape index (κ2) is 5.55. The van der Waals surface area contributed by atoms with Gasteiger partial charge < -0.3 is 9.84 Å². The second-order valence-electron chi connectivity index (χ2n) is 5.86. The molecule has 1 fully saturated rings. The van der Waals surface area contributed by atoms with Gasteiger partial charge in [0.05, 0.1) is 4.90 Å². The van der Waals surface area contributed by atoms with Gasteiger partial charge in [-0.25, -0.2) is 21.6 Å². The Hall–Kier alpha value is -1.42. The molecule has 0 heterocycles. The molecule has 4 nitrogen and oxygen atoms in total. The van der Waals surface area contributed by atoms with Gasteiger partial charge in [0.25, 0.3) is 0 Å². The Morgan fingerprint density at radius 2 is 1.83 bits per heavy atom.